The molecule has 0 aliphatic carbocycles. The van der Waals surface area contributed by atoms with E-state index >= 15 is 0 Å². The van der Waals surface area contributed by atoms with Crippen LogP contribution in [0.3, 0.4) is 0 Å². The van der Waals surface area contributed by atoms with Crippen LogP contribution < -0.4 is 9.62 Å². The largest absolute Gasteiger partial charge is 0.368 e. The van der Waals surface area contributed by atoms with E-state index in [0.717, 1.165) is 41.6 Å². The lowest BCUT2D eigenvalue weighted by atomic mass is 10.1. The van der Waals surface area contributed by atoms with Gasteiger partial charge in [0.15, 0.2) is 0 Å². The first-order valence-electron chi connectivity index (χ1n) is 10.8. The second kappa shape index (κ2) is 8.41. The number of carbonyl (C=O) groups excluding carboxylic acids is 1. The molecule has 1 unspecified atom stereocenters. The molecule has 0 spiro atoms. The van der Waals surface area contributed by atoms with Crippen molar-refractivity contribution in [2.24, 2.45) is 0 Å². The summed E-state index contributed by atoms with van der Waals surface area (Å²) in [6.45, 7) is 1.20. The zero-order chi connectivity index (χ0) is 22.1. The first-order valence-corrected chi connectivity index (χ1v) is 12.2. The third-order valence-corrected chi connectivity index (χ3v) is 7.37. The van der Waals surface area contributed by atoms with Crippen molar-refractivity contribution in [3.8, 4) is 11.1 Å². The standard InChI is InChI=1S/C25H24N2O4S/c28-25(24-7-4-16-31-24)27-15-14-20-8-11-21(17-23(20)27)26-32(29,30)22-12-9-19(10-13-22)18-5-2-1-3-6-18/h1-3,5-6,8-13,17,24,26H,4,7,14-16H2. The molecule has 5 rings (SSSR count). The predicted octanol–water partition coefficient (Wildman–Crippen LogP) is 4.22. The SMILES string of the molecule is O=C(C1CCCO1)N1CCc2ccc(NS(=O)(=O)c3ccc(-c4ccccc4)cc3)cc21. The molecule has 2 aliphatic rings. The third-order valence-electron chi connectivity index (χ3n) is 5.98. The van der Waals surface area contributed by atoms with Gasteiger partial charge in [-0.3, -0.25) is 9.52 Å². The molecule has 1 fully saturated rings. The second-order valence-corrected chi connectivity index (χ2v) is 9.76. The van der Waals surface area contributed by atoms with Crippen LogP contribution in [0, 0.1) is 0 Å². The van der Waals surface area contributed by atoms with Gasteiger partial charge in [-0.25, -0.2) is 8.42 Å². The number of fused-ring (bicyclic) bond motifs is 1. The van der Waals surface area contributed by atoms with Crippen LogP contribution in [0.1, 0.15) is 18.4 Å². The Labute approximate surface area is 187 Å². The maximum absolute atomic E-state index is 13.0. The van der Waals surface area contributed by atoms with E-state index in [1.807, 2.05) is 36.4 Å². The van der Waals surface area contributed by atoms with E-state index in [1.54, 1.807) is 41.3 Å². The zero-order valence-corrected chi connectivity index (χ0v) is 18.3. The minimum atomic E-state index is -3.76. The van der Waals surface area contributed by atoms with Gasteiger partial charge in [0.1, 0.15) is 6.10 Å². The molecule has 0 saturated carbocycles. The van der Waals surface area contributed by atoms with Crippen LogP contribution >= 0.6 is 0 Å². The molecule has 2 aliphatic heterocycles. The molecule has 7 heteroatoms. The Hall–Kier alpha value is -3.16. The summed E-state index contributed by atoms with van der Waals surface area (Å²) in [4.78, 5) is 14.7. The monoisotopic (exact) mass is 448 g/mol. The van der Waals surface area contributed by atoms with Gasteiger partial charge >= 0.3 is 0 Å². The fourth-order valence-electron chi connectivity index (χ4n) is 4.29. The average Bonchev–Trinajstić information content (AvgIpc) is 3.49. The number of ether oxygens (including phenoxy) is 1. The van der Waals surface area contributed by atoms with Crippen molar-refractivity contribution in [3.63, 3.8) is 0 Å². The zero-order valence-electron chi connectivity index (χ0n) is 17.5. The lowest BCUT2D eigenvalue weighted by Gasteiger charge is -2.21. The first kappa shape index (κ1) is 20.7. The number of hydrogen-bond donors (Lipinski definition) is 1. The molecule has 1 saturated heterocycles. The summed E-state index contributed by atoms with van der Waals surface area (Å²) in [5, 5.41) is 0. The van der Waals surface area contributed by atoms with Gasteiger partial charge in [0.2, 0.25) is 0 Å². The normalized spacial score (nSPS) is 17.9. The lowest BCUT2D eigenvalue weighted by Crippen LogP contribution is -2.37. The maximum atomic E-state index is 13.0. The predicted molar refractivity (Wildman–Crippen MR) is 124 cm³/mol. The van der Waals surface area contributed by atoms with Crippen molar-refractivity contribution >= 4 is 27.3 Å². The Morgan fingerprint density at radius 1 is 0.969 bits per heavy atom. The highest BCUT2D eigenvalue weighted by molar-refractivity contribution is 7.92. The third kappa shape index (κ3) is 4.01. The Morgan fingerprint density at radius 2 is 1.72 bits per heavy atom. The number of amides is 1. The van der Waals surface area contributed by atoms with Gasteiger partial charge in [0, 0.05) is 18.8 Å². The first-order chi connectivity index (χ1) is 15.5. The molecule has 2 heterocycles. The van der Waals surface area contributed by atoms with Gasteiger partial charge in [-0.1, -0.05) is 48.5 Å². The number of carbonyl (C=O) groups is 1. The second-order valence-electron chi connectivity index (χ2n) is 8.08. The molecule has 164 valence electrons. The highest BCUT2D eigenvalue weighted by Crippen LogP contribution is 2.33. The molecule has 0 bridgehead atoms. The van der Waals surface area contributed by atoms with Crippen LogP contribution in [-0.2, 0) is 26.0 Å². The number of rotatable bonds is 5. The topological polar surface area (TPSA) is 75.7 Å². The van der Waals surface area contributed by atoms with Crippen LogP contribution in [-0.4, -0.2) is 33.6 Å². The van der Waals surface area contributed by atoms with Crippen molar-refractivity contribution in [2.45, 2.75) is 30.3 Å². The molecule has 3 aromatic carbocycles. The summed E-state index contributed by atoms with van der Waals surface area (Å²) in [6.07, 6.45) is 1.97. The van der Waals surface area contributed by atoms with E-state index in [9.17, 15) is 13.2 Å². The van der Waals surface area contributed by atoms with Crippen molar-refractivity contribution in [2.75, 3.05) is 22.8 Å². The number of benzene rings is 3. The number of hydrogen-bond acceptors (Lipinski definition) is 4. The molecule has 1 amide bonds. The fourth-order valence-corrected chi connectivity index (χ4v) is 5.34. The van der Waals surface area contributed by atoms with Gasteiger partial charge < -0.3 is 9.64 Å². The van der Waals surface area contributed by atoms with Gasteiger partial charge in [0.25, 0.3) is 15.9 Å². The molecule has 6 nitrogen and oxygen atoms in total. The molecule has 3 aromatic rings. The van der Waals surface area contributed by atoms with Crippen molar-refractivity contribution < 1.29 is 17.9 Å². The highest BCUT2D eigenvalue weighted by Gasteiger charge is 2.33. The maximum Gasteiger partial charge on any atom is 0.261 e. The number of anilines is 2. The van der Waals surface area contributed by atoms with E-state index in [2.05, 4.69) is 4.72 Å². The van der Waals surface area contributed by atoms with Crippen molar-refractivity contribution in [3.05, 3.63) is 78.4 Å². The number of nitrogens with one attached hydrogen (secondary N) is 1. The van der Waals surface area contributed by atoms with Crippen LogP contribution in [0.5, 0.6) is 0 Å². The Morgan fingerprint density at radius 3 is 2.44 bits per heavy atom. The van der Waals surface area contributed by atoms with E-state index in [4.69, 9.17) is 4.74 Å². The average molecular weight is 449 g/mol. The van der Waals surface area contributed by atoms with Crippen LogP contribution in [0.4, 0.5) is 11.4 Å². The molecular weight excluding hydrogens is 424 g/mol. The molecule has 0 radical (unpaired) electrons. The van der Waals surface area contributed by atoms with Gasteiger partial charge in [-0.15, -0.1) is 0 Å². The highest BCUT2D eigenvalue weighted by atomic mass is 32.2. The summed E-state index contributed by atoms with van der Waals surface area (Å²) >= 11 is 0. The molecule has 0 aromatic heterocycles. The Kier molecular flexibility index (Phi) is 5.45. The van der Waals surface area contributed by atoms with Crippen LogP contribution in [0.2, 0.25) is 0 Å². The van der Waals surface area contributed by atoms with Gasteiger partial charge in [-0.2, -0.15) is 0 Å². The smallest absolute Gasteiger partial charge is 0.261 e. The van der Waals surface area contributed by atoms with E-state index in [0.29, 0.717) is 18.8 Å². The quantitative estimate of drug-likeness (QED) is 0.634. The minimum Gasteiger partial charge on any atom is -0.368 e. The van der Waals surface area contributed by atoms with Gasteiger partial charge in [-0.05, 0) is 60.2 Å². The molecule has 32 heavy (non-hydrogen) atoms. The van der Waals surface area contributed by atoms with E-state index < -0.39 is 16.1 Å². The summed E-state index contributed by atoms with van der Waals surface area (Å²) in [6, 6.07) is 22.0. The number of nitrogens with zero attached hydrogens (tertiary/aromatic N) is 1. The van der Waals surface area contributed by atoms with Crippen LogP contribution in [0.15, 0.2) is 77.7 Å². The molecular formula is C25H24N2O4S. The minimum absolute atomic E-state index is 0.0437. The number of sulfonamides is 1. The van der Waals surface area contributed by atoms with E-state index in [1.165, 1.54) is 0 Å². The van der Waals surface area contributed by atoms with Gasteiger partial charge in [0.05, 0.1) is 10.6 Å². The Balaban J connectivity index is 1.36. The fraction of sp³-hybridized carbons (Fsp3) is 0.240. The van der Waals surface area contributed by atoms with Crippen LogP contribution in [0.25, 0.3) is 11.1 Å². The summed E-state index contributed by atoms with van der Waals surface area (Å²) < 4.78 is 34.1. The molecule has 1 N–H and O–H groups in total. The summed E-state index contributed by atoms with van der Waals surface area (Å²) in [5.74, 6) is -0.0437. The molecule has 1 atom stereocenters. The Bertz CT molecular complexity index is 1230. The summed E-state index contributed by atoms with van der Waals surface area (Å²) in [5.41, 5.74) is 4.20. The van der Waals surface area contributed by atoms with Crippen molar-refractivity contribution in [1.82, 2.24) is 0 Å². The van der Waals surface area contributed by atoms with E-state index in [-0.39, 0.29) is 10.8 Å². The summed E-state index contributed by atoms with van der Waals surface area (Å²) in [7, 11) is -3.76. The lowest BCUT2D eigenvalue weighted by molar-refractivity contribution is -0.127. The van der Waals surface area contributed by atoms with Crippen molar-refractivity contribution in [1.29, 1.82) is 0 Å².